The number of hydrogen-bond acceptors (Lipinski definition) is 4. The quantitative estimate of drug-likeness (QED) is 0.304. The smallest absolute Gasteiger partial charge is 0.156 e. The van der Waals surface area contributed by atoms with Crippen molar-refractivity contribution in [2.75, 3.05) is 26.2 Å². The fourth-order valence-corrected chi connectivity index (χ4v) is 1.91. The van der Waals surface area contributed by atoms with Crippen molar-refractivity contribution in [3.8, 4) is 0 Å². The fraction of sp³-hybridized carbons (Fsp3) is 0.900. The van der Waals surface area contributed by atoms with Crippen molar-refractivity contribution < 1.29 is 5.21 Å². The molecule has 88 valence electrons. The zero-order valence-electron chi connectivity index (χ0n) is 9.85. The van der Waals surface area contributed by atoms with Gasteiger partial charge in [0.05, 0.1) is 6.04 Å². The Morgan fingerprint density at radius 2 is 1.60 bits per heavy atom. The fourth-order valence-electron chi connectivity index (χ4n) is 1.91. The molecule has 5 heteroatoms. The lowest BCUT2D eigenvalue weighted by atomic mass is 10.2. The van der Waals surface area contributed by atoms with E-state index in [0.29, 0.717) is 11.9 Å². The minimum Gasteiger partial charge on any atom is -0.409 e. The van der Waals surface area contributed by atoms with Crippen LogP contribution >= 0.6 is 0 Å². The molecule has 1 unspecified atom stereocenters. The second-order valence-corrected chi connectivity index (χ2v) is 4.37. The van der Waals surface area contributed by atoms with Crippen LogP contribution in [0.4, 0.5) is 0 Å². The van der Waals surface area contributed by atoms with Gasteiger partial charge in [0.1, 0.15) is 0 Å². The lowest BCUT2D eigenvalue weighted by molar-refractivity contribution is 0.0989. The predicted molar refractivity (Wildman–Crippen MR) is 61.2 cm³/mol. The molecular weight excluding hydrogens is 192 g/mol. The molecule has 1 heterocycles. The molecule has 1 atom stereocenters. The molecule has 15 heavy (non-hydrogen) atoms. The van der Waals surface area contributed by atoms with E-state index in [2.05, 4.69) is 28.8 Å². The molecule has 0 aromatic carbocycles. The molecular formula is C10H22N4O. The van der Waals surface area contributed by atoms with Crippen LogP contribution in [0.3, 0.4) is 0 Å². The van der Waals surface area contributed by atoms with E-state index in [4.69, 9.17) is 10.9 Å². The molecule has 1 aliphatic rings. The summed E-state index contributed by atoms with van der Waals surface area (Å²) < 4.78 is 0. The molecule has 1 rings (SSSR count). The van der Waals surface area contributed by atoms with Crippen LogP contribution in [-0.2, 0) is 0 Å². The number of piperazine rings is 1. The first-order chi connectivity index (χ1) is 7.06. The molecule has 1 fully saturated rings. The molecule has 1 saturated heterocycles. The second kappa shape index (κ2) is 5.32. The number of hydrogen-bond donors (Lipinski definition) is 2. The highest BCUT2D eigenvalue weighted by atomic mass is 16.4. The third kappa shape index (κ3) is 3.07. The third-order valence-electron chi connectivity index (χ3n) is 3.17. The maximum Gasteiger partial charge on any atom is 0.156 e. The van der Waals surface area contributed by atoms with Crippen LogP contribution in [0.5, 0.6) is 0 Å². The standard InChI is InChI=1S/C10H22N4O/c1-8(2)13-4-6-14(7-5-13)9(3)10(11)12-15/h8-9,15H,4-7H2,1-3H3,(H2,11,12). The van der Waals surface area contributed by atoms with Crippen molar-refractivity contribution in [2.24, 2.45) is 10.9 Å². The SMILES string of the molecule is CC(C)N1CCN(C(C)C(N)=NO)CC1. The molecule has 0 aromatic heterocycles. The van der Waals surface area contributed by atoms with Gasteiger partial charge in [-0.15, -0.1) is 0 Å². The van der Waals surface area contributed by atoms with E-state index in [1.165, 1.54) is 0 Å². The third-order valence-corrected chi connectivity index (χ3v) is 3.17. The van der Waals surface area contributed by atoms with E-state index in [0.717, 1.165) is 26.2 Å². The first-order valence-corrected chi connectivity index (χ1v) is 5.51. The molecule has 0 spiro atoms. The highest BCUT2D eigenvalue weighted by Crippen LogP contribution is 2.08. The van der Waals surface area contributed by atoms with Crippen molar-refractivity contribution >= 4 is 5.84 Å². The van der Waals surface area contributed by atoms with Gasteiger partial charge in [-0.3, -0.25) is 9.80 Å². The molecule has 0 amide bonds. The Bertz CT molecular complexity index is 221. The van der Waals surface area contributed by atoms with Crippen LogP contribution in [0.2, 0.25) is 0 Å². The maximum absolute atomic E-state index is 8.60. The van der Waals surface area contributed by atoms with Crippen molar-refractivity contribution in [3.63, 3.8) is 0 Å². The molecule has 3 N–H and O–H groups in total. The summed E-state index contributed by atoms with van der Waals surface area (Å²) >= 11 is 0. The van der Waals surface area contributed by atoms with Gasteiger partial charge in [0.15, 0.2) is 5.84 Å². The summed E-state index contributed by atoms with van der Waals surface area (Å²) in [7, 11) is 0. The summed E-state index contributed by atoms with van der Waals surface area (Å²) in [6, 6.07) is 0.635. The predicted octanol–water partition coefficient (Wildman–Crippen LogP) is 0.147. The van der Waals surface area contributed by atoms with Crippen LogP contribution in [0.15, 0.2) is 5.16 Å². The minimum absolute atomic E-state index is 0.0318. The van der Waals surface area contributed by atoms with E-state index in [1.54, 1.807) is 0 Å². The second-order valence-electron chi connectivity index (χ2n) is 4.37. The Balaban J connectivity index is 2.43. The van der Waals surface area contributed by atoms with Gasteiger partial charge >= 0.3 is 0 Å². The van der Waals surface area contributed by atoms with Gasteiger partial charge in [-0.25, -0.2) is 0 Å². The van der Waals surface area contributed by atoms with Gasteiger partial charge in [-0.2, -0.15) is 0 Å². The topological polar surface area (TPSA) is 65.1 Å². The van der Waals surface area contributed by atoms with E-state index in [-0.39, 0.29) is 6.04 Å². The van der Waals surface area contributed by atoms with Crippen molar-refractivity contribution in [3.05, 3.63) is 0 Å². The van der Waals surface area contributed by atoms with Crippen LogP contribution in [0.25, 0.3) is 0 Å². The monoisotopic (exact) mass is 214 g/mol. The first kappa shape index (κ1) is 12.3. The lowest BCUT2D eigenvalue weighted by Crippen LogP contribution is -2.54. The van der Waals surface area contributed by atoms with Gasteiger partial charge in [0.2, 0.25) is 0 Å². The summed E-state index contributed by atoms with van der Waals surface area (Å²) in [4.78, 5) is 4.68. The van der Waals surface area contributed by atoms with Crippen molar-refractivity contribution in [1.82, 2.24) is 9.80 Å². The Morgan fingerprint density at radius 3 is 2.00 bits per heavy atom. The maximum atomic E-state index is 8.60. The van der Waals surface area contributed by atoms with Gasteiger partial charge < -0.3 is 10.9 Å². The molecule has 0 radical (unpaired) electrons. The summed E-state index contributed by atoms with van der Waals surface area (Å²) in [5.74, 6) is 0.299. The molecule has 5 nitrogen and oxygen atoms in total. The Kier molecular flexibility index (Phi) is 4.35. The van der Waals surface area contributed by atoms with E-state index >= 15 is 0 Å². The van der Waals surface area contributed by atoms with Crippen LogP contribution in [0.1, 0.15) is 20.8 Å². The van der Waals surface area contributed by atoms with E-state index in [1.807, 2.05) is 6.92 Å². The number of rotatable bonds is 3. The largest absolute Gasteiger partial charge is 0.409 e. The Labute approximate surface area is 91.5 Å². The van der Waals surface area contributed by atoms with Crippen LogP contribution in [0, 0.1) is 0 Å². The normalized spacial score (nSPS) is 23.3. The minimum atomic E-state index is 0.0318. The van der Waals surface area contributed by atoms with Gasteiger partial charge in [0.25, 0.3) is 0 Å². The first-order valence-electron chi connectivity index (χ1n) is 5.51. The van der Waals surface area contributed by atoms with Gasteiger partial charge in [-0.1, -0.05) is 5.16 Å². The molecule has 0 aliphatic carbocycles. The van der Waals surface area contributed by atoms with Gasteiger partial charge in [0, 0.05) is 32.2 Å². The lowest BCUT2D eigenvalue weighted by Gasteiger charge is -2.39. The Morgan fingerprint density at radius 1 is 1.13 bits per heavy atom. The highest BCUT2D eigenvalue weighted by Gasteiger charge is 2.24. The molecule has 1 aliphatic heterocycles. The summed E-state index contributed by atoms with van der Waals surface area (Å²) in [5, 5.41) is 11.7. The number of oxime groups is 1. The van der Waals surface area contributed by atoms with E-state index < -0.39 is 0 Å². The average Bonchev–Trinajstić information content (AvgIpc) is 2.27. The Hall–Kier alpha value is -0.810. The van der Waals surface area contributed by atoms with Crippen LogP contribution in [-0.4, -0.2) is 59.1 Å². The zero-order valence-corrected chi connectivity index (χ0v) is 9.85. The number of nitrogens with two attached hydrogens (primary N) is 1. The molecule has 0 saturated carbocycles. The van der Waals surface area contributed by atoms with Gasteiger partial charge in [-0.05, 0) is 20.8 Å². The summed E-state index contributed by atoms with van der Waals surface area (Å²) in [6.45, 7) is 10.5. The molecule has 0 bridgehead atoms. The number of nitrogens with zero attached hydrogens (tertiary/aromatic N) is 3. The zero-order chi connectivity index (χ0) is 11.4. The van der Waals surface area contributed by atoms with Crippen LogP contribution < -0.4 is 5.73 Å². The highest BCUT2D eigenvalue weighted by molar-refractivity contribution is 5.84. The average molecular weight is 214 g/mol. The number of amidine groups is 1. The van der Waals surface area contributed by atoms with E-state index in [9.17, 15) is 0 Å². The molecule has 0 aromatic rings. The summed E-state index contributed by atoms with van der Waals surface area (Å²) in [5.41, 5.74) is 5.59. The van der Waals surface area contributed by atoms with Crippen molar-refractivity contribution in [1.29, 1.82) is 0 Å². The van der Waals surface area contributed by atoms with Crippen molar-refractivity contribution in [2.45, 2.75) is 32.9 Å². The summed E-state index contributed by atoms with van der Waals surface area (Å²) in [6.07, 6.45) is 0.